The molecule has 21 heavy (non-hydrogen) atoms. The highest BCUT2D eigenvalue weighted by Crippen LogP contribution is 2.32. The maximum Gasteiger partial charge on any atom is 0.258 e. The fourth-order valence-corrected chi connectivity index (χ4v) is 1.99. The predicted molar refractivity (Wildman–Crippen MR) is 84.7 cm³/mol. The lowest BCUT2D eigenvalue weighted by Crippen LogP contribution is -2.28. The standard InChI is InChI=1S/C15H14Cl2N2O2/c16-11-6-13(18)14(7-12(11)17)21-9-15(20)19-8-10-4-2-1-3-5-10/h1-7H,8-9,18H2,(H,19,20). The lowest BCUT2D eigenvalue weighted by molar-refractivity contribution is -0.123. The Morgan fingerprint density at radius 2 is 1.81 bits per heavy atom. The number of amides is 1. The van der Waals surface area contributed by atoms with Gasteiger partial charge in [-0.05, 0) is 11.6 Å². The lowest BCUT2D eigenvalue weighted by atomic mass is 10.2. The first kappa shape index (κ1) is 15.5. The molecule has 3 N–H and O–H groups in total. The quantitative estimate of drug-likeness (QED) is 0.829. The highest BCUT2D eigenvalue weighted by molar-refractivity contribution is 6.42. The smallest absolute Gasteiger partial charge is 0.258 e. The van der Waals surface area contributed by atoms with Crippen molar-refractivity contribution in [1.29, 1.82) is 0 Å². The second-order valence-corrected chi connectivity index (χ2v) is 5.17. The normalized spacial score (nSPS) is 10.2. The second kappa shape index (κ2) is 7.20. The number of nitrogens with two attached hydrogens (primary N) is 1. The third-order valence-corrected chi connectivity index (χ3v) is 3.47. The van der Waals surface area contributed by atoms with Gasteiger partial charge in [0.25, 0.3) is 5.91 Å². The number of carbonyl (C=O) groups is 1. The highest BCUT2D eigenvalue weighted by Gasteiger charge is 2.08. The van der Waals surface area contributed by atoms with Crippen LogP contribution in [0.5, 0.6) is 5.75 Å². The van der Waals surface area contributed by atoms with E-state index in [0.717, 1.165) is 5.56 Å². The fraction of sp³-hybridized carbons (Fsp3) is 0.133. The molecule has 4 nitrogen and oxygen atoms in total. The van der Waals surface area contributed by atoms with Gasteiger partial charge in [-0.15, -0.1) is 0 Å². The van der Waals surface area contributed by atoms with Crippen molar-refractivity contribution >= 4 is 34.8 Å². The van der Waals surface area contributed by atoms with Gasteiger partial charge in [0.2, 0.25) is 0 Å². The Labute approximate surface area is 132 Å². The van der Waals surface area contributed by atoms with Gasteiger partial charge in [-0.1, -0.05) is 53.5 Å². The predicted octanol–water partition coefficient (Wildman–Crippen LogP) is 3.27. The highest BCUT2D eigenvalue weighted by atomic mass is 35.5. The number of carbonyl (C=O) groups excluding carboxylic acids is 1. The average molecular weight is 325 g/mol. The van der Waals surface area contributed by atoms with Crippen LogP contribution in [0.4, 0.5) is 5.69 Å². The number of rotatable bonds is 5. The molecule has 0 aromatic heterocycles. The first-order valence-corrected chi connectivity index (χ1v) is 7.00. The molecule has 0 fully saturated rings. The zero-order chi connectivity index (χ0) is 15.2. The summed E-state index contributed by atoms with van der Waals surface area (Å²) < 4.78 is 5.34. The maximum absolute atomic E-state index is 11.7. The molecule has 0 saturated carbocycles. The number of anilines is 1. The number of ether oxygens (including phenoxy) is 1. The summed E-state index contributed by atoms with van der Waals surface area (Å²) in [4.78, 5) is 11.7. The van der Waals surface area contributed by atoms with Crippen molar-refractivity contribution in [1.82, 2.24) is 5.32 Å². The Balaban J connectivity index is 1.85. The number of benzene rings is 2. The number of hydrogen-bond acceptors (Lipinski definition) is 3. The monoisotopic (exact) mass is 324 g/mol. The molecule has 0 aliphatic heterocycles. The van der Waals surface area contributed by atoms with Crippen LogP contribution in [-0.4, -0.2) is 12.5 Å². The summed E-state index contributed by atoms with van der Waals surface area (Å²) in [7, 11) is 0. The van der Waals surface area contributed by atoms with Crippen molar-refractivity contribution < 1.29 is 9.53 Å². The number of nitrogen functional groups attached to an aromatic ring is 1. The van der Waals surface area contributed by atoms with E-state index < -0.39 is 0 Å². The van der Waals surface area contributed by atoms with Gasteiger partial charge in [0.1, 0.15) is 5.75 Å². The zero-order valence-electron chi connectivity index (χ0n) is 11.1. The molecule has 0 radical (unpaired) electrons. The van der Waals surface area contributed by atoms with Gasteiger partial charge < -0.3 is 15.8 Å². The summed E-state index contributed by atoms with van der Waals surface area (Å²) >= 11 is 11.7. The van der Waals surface area contributed by atoms with Gasteiger partial charge in [-0.3, -0.25) is 4.79 Å². The Morgan fingerprint density at radius 3 is 2.52 bits per heavy atom. The number of hydrogen-bond donors (Lipinski definition) is 2. The fourth-order valence-electron chi connectivity index (χ4n) is 1.66. The van der Waals surface area contributed by atoms with E-state index in [4.69, 9.17) is 33.7 Å². The van der Waals surface area contributed by atoms with Crippen molar-refractivity contribution in [2.75, 3.05) is 12.3 Å². The third kappa shape index (κ3) is 4.55. The van der Waals surface area contributed by atoms with Crippen LogP contribution in [0.25, 0.3) is 0 Å². The summed E-state index contributed by atoms with van der Waals surface area (Å²) in [6.07, 6.45) is 0. The SMILES string of the molecule is Nc1cc(Cl)c(Cl)cc1OCC(=O)NCc1ccccc1. The molecule has 0 spiro atoms. The van der Waals surface area contributed by atoms with Crippen LogP contribution >= 0.6 is 23.2 Å². The Morgan fingerprint density at radius 1 is 1.14 bits per heavy atom. The van der Waals surface area contributed by atoms with Crippen molar-refractivity contribution in [3.8, 4) is 5.75 Å². The van der Waals surface area contributed by atoms with Gasteiger partial charge in [0.05, 0.1) is 15.7 Å². The minimum atomic E-state index is -0.246. The second-order valence-electron chi connectivity index (χ2n) is 4.36. The molecule has 0 aliphatic carbocycles. The summed E-state index contributed by atoms with van der Waals surface area (Å²) in [5.41, 5.74) is 7.09. The van der Waals surface area contributed by atoms with Crippen LogP contribution in [0.15, 0.2) is 42.5 Å². The van der Waals surface area contributed by atoms with Crippen LogP contribution in [0.1, 0.15) is 5.56 Å². The third-order valence-electron chi connectivity index (χ3n) is 2.74. The van der Waals surface area contributed by atoms with Gasteiger partial charge in [-0.25, -0.2) is 0 Å². The lowest BCUT2D eigenvalue weighted by Gasteiger charge is -2.10. The average Bonchev–Trinajstić information content (AvgIpc) is 2.48. The van der Waals surface area contributed by atoms with Crippen molar-refractivity contribution in [2.24, 2.45) is 0 Å². The molecule has 110 valence electrons. The summed E-state index contributed by atoms with van der Waals surface area (Å²) in [5, 5.41) is 3.42. The minimum absolute atomic E-state index is 0.144. The van der Waals surface area contributed by atoms with E-state index in [1.165, 1.54) is 12.1 Å². The minimum Gasteiger partial charge on any atom is -0.482 e. The van der Waals surface area contributed by atoms with E-state index in [9.17, 15) is 4.79 Å². The molecular formula is C15H14Cl2N2O2. The van der Waals surface area contributed by atoms with Gasteiger partial charge >= 0.3 is 0 Å². The maximum atomic E-state index is 11.7. The molecule has 0 unspecified atom stereocenters. The largest absolute Gasteiger partial charge is 0.482 e. The molecule has 0 aliphatic rings. The Kier molecular flexibility index (Phi) is 5.31. The molecule has 2 aromatic rings. The molecule has 0 heterocycles. The van der Waals surface area contributed by atoms with E-state index in [2.05, 4.69) is 5.32 Å². The topological polar surface area (TPSA) is 64.3 Å². The Bertz CT molecular complexity index is 633. The van der Waals surface area contributed by atoms with Crippen LogP contribution in [-0.2, 0) is 11.3 Å². The summed E-state index contributed by atoms with van der Waals surface area (Å²) in [6, 6.07) is 12.6. The van der Waals surface area contributed by atoms with Gasteiger partial charge in [-0.2, -0.15) is 0 Å². The summed E-state index contributed by atoms with van der Waals surface area (Å²) in [6.45, 7) is 0.300. The molecular weight excluding hydrogens is 311 g/mol. The first-order chi connectivity index (χ1) is 10.1. The van der Waals surface area contributed by atoms with Crippen LogP contribution < -0.4 is 15.8 Å². The van der Waals surface area contributed by atoms with Gasteiger partial charge in [0.15, 0.2) is 6.61 Å². The molecule has 0 bridgehead atoms. The first-order valence-electron chi connectivity index (χ1n) is 6.24. The van der Waals surface area contributed by atoms with E-state index in [0.29, 0.717) is 28.0 Å². The molecule has 1 amide bonds. The van der Waals surface area contributed by atoms with Crippen molar-refractivity contribution in [2.45, 2.75) is 6.54 Å². The molecule has 2 rings (SSSR count). The number of halogens is 2. The van der Waals surface area contributed by atoms with Crippen LogP contribution in [0.2, 0.25) is 10.0 Å². The van der Waals surface area contributed by atoms with E-state index in [1.54, 1.807) is 0 Å². The van der Waals surface area contributed by atoms with Crippen LogP contribution in [0.3, 0.4) is 0 Å². The number of nitrogens with one attached hydrogen (secondary N) is 1. The van der Waals surface area contributed by atoms with Crippen molar-refractivity contribution in [3.63, 3.8) is 0 Å². The molecule has 2 aromatic carbocycles. The molecule has 6 heteroatoms. The Hall–Kier alpha value is -1.91. The molecule has 0 atom stereocenters. The van der Waals surface area contributed by atoms with E-state index >= 15 is 0 Å². The van der Waals surface area contributed by atoms with E-state index in [-0.39, 0.29) is 12.5 Å². The van der Waals surface area contributed by atoms with Crippen molar-refractivity contribution in [3.05, 3.63) is 58.1 Å². The molecule has 0 saturated heterocycles. The van der Waals surface area contributed by atoms with Crippen LogP contribution in [0, 0.1) is 0 Å². The van der Waals surface area contributed by atoms with Gasteiger partial charge in [0, 0.05) is 12.6 Å². The van der Waals surface area contributed by atoms with E-state index in [1.807, 2.05) is 30.3 Å². The summed E-state index contributed by atoms with van der Waals surface area (Å²) in [5.74, 6) is 0.0867. The zero-order valence-corrected chi connectivity index (χ0v) is 12.6.